The van der Waals surface area contributed by atoms with E-state index in [1.165, 1.54) is 5.56 Å². The zero-order chi connectivity index (χ0) is 19.4. The highest BCUT2D eigenvalue weighted by molar-refractivity contribution is 5.90. The molecule has 5 nitrogen and oxygen atoms in total. The van der Waals surface area contributed by atoms with Crippen molar-refractivity contribution < 1.29 is 14.3 Å². The van der Waals surface area contributed by atoms with E-state index in [0.717, 1.165) is 28.8 Å². The minimum atomic E-state index is -0.320. The second kappa shape index (κ2) is 8.25. The molecule has 2 aromatic rings. The maximum atomic E-state index is 13.0. The van der Waals surface area contributed by atoms with Crippen molar-refractivity contribution in [3.63, 3.8) is 0 Å². The Morgan fingerprint density at radius 1 is 1.15 bits per heavy atom. The second-order valence-electron chi connectivity index (χ2n) is 6.97. The first kappa shape index (κ1) is 19.0. The van der Waals surface area contributed by atoms with E-state index >= 15 is 0 Å². The molecule has 0 unspecified atom stereocenters. The lowest BCUT2D eigenvalue weighted by atomic mass is 9.91. The van der Waals surface area contributed by atoms with Crippen molar-refractivity contribution in [1.82, 2.24) is 4.90 Å². The van der Waals surface area contributed by atoms with Crippen LogP contribution in [0.1, 0.15) is 41.6 Å². The van der Waals surface area contributed by atoms with E-state index in [0.29, 0.717) is 13.2 Å². The number of rotatable bonds is 4. The summed E-state index contributed by atoms with van der Waals surface area (Å²) in [6, 6.07) is 13.4. The SMILES string of the molecule is CCOC(=O)C[C@@H]1c2ccccc2CCN1C(=O)Nc1cc(C)cc(C)c1. The molecule has 142 valence electrons. The van der Waals surface area contributed by atoms with Gasteiger partial charge in [0.05, 0.1) is 19.1 Å². The third kappa shape index (κ3) is 4.48. The summed E-state index contributed by atoms with van der Waals surface area (Å²) in [7, 11) is 0. The van der Waals surface area contributed by atoms with Gasteiger partial charge >= 0.3 is 12.0 Å². The van der Waals surface area contributed by atoms with Crippen LogP contribution < -0.4 is 5.32 Å². The van der Waals surface area contributed by atoms with Gasteiger partial charge in [-0.2, -0.15) is 0 Å². The average molecular weight is 366 g/mol. The fraction of sp³-hybridized carbons (Fsp3) is 0.364. The fourth-order valence-corrected chi connectivity index (χ4v) is 3.73. The van der Waals surface area contributed by atoms with E-state index in [-0.39, 0.29) is 24.5 Å². The lowest BCUT2D eigenvalue weighted by Gasteiger charge is -2.37. The van der Waals surface area contributed by atoms with Crippen LogP contribution in [-0.2, 0) is 16.0 Å². The number of benzene rings is 2. The molecule has 1 heterocycles. The third-order valence-electron chi connectivity index (χ3n) is 4.81. The average Bonchev–Trinajstić information content (AvgIpc) is 2.61. The summed E-state index contributed by atoms with van der Waals surface area (Å²) in [5.41, 5.74) is 5.16. The van der Waals surface area contributed by atoms with Crippen LogP contribution in [0.3, 0.4) is 0 Å². The van der Waals surface area contributed by atoms with Gasteiger partial charge in [0.25, 0.3) is 0 Å². The molecule has 1 atom stereocenters. The number of fused-ring (bicyclic) bond motifs is 1. The molecule has 1 aliphatic heterocycles. The van der Waals surface area contributed by atoms with Gasteiger partial charge in [0.15, 0.2) is 0 Å². The largest absolute Gasteiger partial charge is 0.466 e. The van der Waals surface area contributed by atoms with Crippen molar-refractivity contribution in [3.8, 4) is 0 Å². The van der Waals surface area contributed by atoms with Gasteiger partial charge in [-0.25, -0.2) is 4.79 Å². The van der Waals surface area contributed by atoms with Gasteiger partial charge in [0.1, 0.15) is 0 Å². The van der Waals surface area contributed by atoms with Gasteiger partial charge < -0.3 is 15.0 Å². The number of hydrogen-bond donors (Lipinski definition) is 1. The maximum absolute atomic E-state index is 13.0. The molecule has 2 aromatic carbocycles. The molecular formula is C22H26N2O3. The molecule has 3 rings (SSSR count). The Balaban J connectivity index is 1.85. The normalized spacial score (nSPS) is 15.8. The summed E-state index contributed by atoms with van der Waals surface area (Å²) in [5, 5.41) is 2.99. The van der Waals surface area contributed by atoms with Gasteiger partial charge in [-0.15, -0.1) is 0 Å². The molecule has 1 N–H and O–H groups in total. The van der Waals surface area contributed by atoms with Gasteiger partial charge in [-0.05, 0) is 61.6 Å². The molecule has 27 heavy (non-hydrogen) atoms. The Morgan fingerprint density at radius 2 is 1.85 bits per heavy atom. The standard InChI is InChI=1S/C22H26N2O3/c1-4-27-21(25)14-20-19-8-6-5-7-17(19)9-10-24(20)22(26)23-18-12-15(2)11-16(3)13-18/h5-8,11-13,20H,4,9-10,14H2,1-3H3,(H,23,26)/t20-/m1/s1. The van der Waals surface area contributed by atoms with Crippen LogP contribution in [0.2, 0.25) is 0 Å². The predicted molar refractivity (Wildman–Crippen MR) is 106 cm³/mol. The molecule has 1 aliphatic rings. The fourth-order valence-electron chi connectivity index (χ4n) is 3.73. The Kier molecular flexibility index (Phi) is 5.79. The van der Waals surface area contributed by atoms with E-state index in [1.807, 2.05) is 44.2 Å². The molecule has 0 aliphatic carbocycles. The van der Waals surface area contributed by atoms with E-state index < -0.39 is 0 Å². The van der Waals surface area contributed by atoms with Crippen LogP contribution in [0, 0.1) is 13.8 Å². The molecule has 0 saturated heterocycles. The van der Waals surface area contributed by atoms with Crippen molar-refractivity contribution in [2.24, 2.45) is 0 Å². The first-order valence-corrected chi connectivity index (χ1v) is 9.37. The minimum absolute atomic E-state index is 0.158. The maximum Gasteiger partial charge on any atom is 0.322 e. The monoisotopic (exact) mass is 366 g/mol. The summed E-state index contributed by atoms with van der Waals surface area (Å²) in [4.78, 5) is 26.9. The lowest BCUT2D eigenvalue weighted by Crippen LogP contribution is -2.43. The smallest absolute Gasteiger partial charge is 0.322 e. The van der Waals surface area contributed by atoms with Gasteiger partial charge in [0.2, 0.25) is 0 Å². The number of nitrogens with one attached hydrogen (secondary N) is 1. The molecule has 0 spiro atoms. The quantitative estimate of drug-likeness (QED) is 0.817. The highest BCUT2D eigenvalue weighted by atomic mass is 16.5. The minimum Gasteiger partial charge on any atom is -0.466 e. The van der Waals surface area contributed by atoms with E-state index in [4.69, 9.17) is 4.74 Å². The van der Waals surface area contributed by atoms with Crippen molar-refractivity contribution in [2.75, 3.05) is 18.5 Å². The molecular weight excluding hydrogens is 340 g/mol. The summed E-state index contributed by atoms with van der Waals surface area (Å²) in [6.45, 7) is 6.70. The summed E-state index contributed by atoms with van der Waals surface area (Å²) < 4.78 is 5.14. The van der Waals surface area contributed by atoms with Crippen molar-refractivity contribution in [2.45, 2.75) is 39.7 Å². The number of aryl methyl sites for hydroxylation is 2. The van der Waals surface area contributed by atoms with Crippen LogP contribution in [0.4, 0.5) is 10.5 Å². The summed E-state index contributed by atoms with van der Waals surface area (Å²) in [6.07, 6.45) is 0.931. The van der Waals surface area contributed by atoms with Crippen LogP contribution >= 0.6 is 0 Å². The Bertz CT molecular complexity index is 827. The highest BCUT2D eigenvalue weighted by Crippen LogP contribution is 2.33. The molecule has 0 aromatic heterocycles. The zero-order valence-corrected chi connectivity index (χ0v) is 16.1. The topological polar surface area (TPSA) is 58.6 Å². The number of esters is 1. The number of carbonyl (C=O) groups is 2. The number of anilines is 1. The number of carbonyl (C=O) groups excluding carboxylic acids is 2. The first-order chi connectivity index (χ1) is 13.0. The third-order valence-corrected chi connectivity index (χ3v) is 4.81. The molecule has 0 saturated carbocycles. The predicted octanol–water partition coefficient (Wildman–Crippen LogP) is 4.39. The Labute approximate surface area is 160 Å². The molecule has 0 bridgehead atoms. The van der Waals surface area contributed by atoms with E-state index in [1.54, 1.807) is 11.8 Å². The molecule has 0 fully saturated rings. The van der Waals surface area contributed by atoms with Crippen molar-refractivity contribution in [3.05, 3.63) is 64.7 Å². The number of hydrogen-bond acceptors (Lipinski definition) is 3. The van der Waals surface area contributed by atoms with Crippen molar-refractivity contribution >= 4 is 17.7 Å². The number of ether oxygens (including phenoxy) is 1. The number of amides is 2. The molecule has 5 heteroatoms. The van der Waals surface area contributed by atoms with E-state index in [2.05, 4.69) is 17.4 Å². The van der Waals surface area contributed by atoms with Crippen LogP contribution in [0.15, 0.2) is 42.5 Å². The lowest BCUT2D eigenvalue weighted by molar-refractivity contribution is -0.144. The number of urea groups is 1. The van der Waals surface area contributed by atoms with Gasteiger partial charge in [-0.1, -0.05) is 30.3 Å². The highest BCUT2D eigenvalue weighted by Gasteiger charge is 2.32. The Morgan fingerprint density at radius 3 is 2.56 bits per heavy atom. The van der Waals surface area contributed by atoms with Crippen LogP contribution in [0.25, 0.3) is 0 Å². The van der Waals surface area contributed by atoms with Gasteiger partial charge in [-0.3, -0.25) is 4.79 Å². The van der Waals surface area contributed by atoms with Crippen LogP contribution in [-0.4, -0.2) is 30.1 Å². The Hall–Kier alpha value is -2.82. The number of nitrogens with zero attached hydrogens (tertiary/aromatic N) is 1. The van der Waals surface area contributed by atoms with Crippen LogP contribution in [0.5, 0.6) is 0 Å². The molecule has 2 amide bonds. The summed E-state index contributed by atoms with van der Waals surface area (Å²) in [5.74, 6) is -0.289. The first-order valence-electron chi connectivity index (χ1n) is 9.37. The zero-order valence-electron chi connectivity index (χ0n) is 16.1. The van der Waals surface area contributed by atoms with Crippen molar-refractivity contribution in [1.29, 1.82) is 0 Å². The molecule has 0 radical (unpaired) electrons. The van der Waals surface area contributed by atoms with Gasteiger partial charge in [0, 0.05) is 12.2 Å². The second-order valence-corrected chi connectivity index (χ2v) is 6.97. The summed E-state index contributed by atoms with van der Waals surface area (Å²) >= 11 is 0. The van der Waals surface area contributed by atoms with E-state index in [9.17, 15) is 9.59 Å².